The van der Waals surface area contributed by atoms with Gasteiger partial charge in [-0.2, -0.15) is 0 Å². The van der Waals surface area contributed by atoms with Crippen molar-refractivity contribution in [3.8, 4) is 5.75 Å². The second-order valence-corrected chi connectivity index (χ2v) is 8.59. The first-order valence-electron chi connectivity index (χ1n) is 10.3. The van der Waals surface area contributed by atoms with Crippen LogP contribution in [0.4, 0.5) is 15.8 Å². The summed E-state index contributed by atoms with van der Waals surface area (Å²) in [7, 11) is 0. The average Bonchev–Trinajstić information content (AvgIpc) is 2.83. The second kappa shape index (κ2) is 10.6. The Morgan fingerprint density at radius 3 is 2.54 bits per heavy atom. The van der Waals surface area contributed by atoms with Crippen LogP contribution >= 0.6 is 28.1 Å². The number of anilines is 2. The van der Waals surface area contributed by atoms with Gasteiger partial charge in [0.05, 0.1) is 11.4 Å². The van der Waals surface area contributed by atoms with Crippen molar-refractivity contribution < 1.29 is 23.5 Å². The van der Waals surface area contributed by atoms with Crippen molar-refractivity contribution in [1.82, 2.24) is 5.32 Å². The fraction of sp³-hybridized carbons (Fsp3) is 0.0400. The van der Waals surface area contributed by atoms with Gasteiger partial charge in [-0.1, -0.05) is 46.3 Å². The van der Waals surface area contributed by atoms with E-state index in [2.05, 4.69) is 26.6 Å². The Balaban J connectivity index is 1.58. The van der Waals surface area contributed by atoms with E-state index in [-0.39, 0.29) is 22.1 Å². The monoisotopic (exact) mass is 553 g/mol. The maximum absolute atomic E-state index is 13.8. The van der Waals surface area contributed by atoms with E-state index in [4.69, 9.17) is 17.0 Å². The number of carbonyl (C=O) groups is 3. The average molecular weight is 554 g/mol. The first kappa shape index (κ1) is 24.2. The third-order valence-electron chi connectivity index (χ3n) is 4.89. The van der Waals surface area contributed by atoms with Gasteiger partial charge in [0.1, 0.15) is 17.1 Å². The Labute approximate surface area is 213 Å². The summed E-state index contributed by atoms with van der Waals surface area (Å²) in [5.74, 6) is -2.17. The standard InChI is InChI=1S/C25H17BrFN3O4S/c26-16-10-11-21(34-14-22(31)28-20-9-5-4-8-19(20)27)15(12-16)13-18-23(32)29-25(35)30(24(18)33)17-6-2-1-3-7-17/h1-13H,14H2,(H,28,31)(H,29,32,35)/b18-13-. The summed E-state index contributed by atoms with van der Waals surface area (Å²) in [5.41, 5.74) is 0.739. The molecule has 0 aliphatic carbocycles. The predicted octanol–water partition coefficient (Wildman–Crippen LogP) is 4.44. The van der Waals surface area contributed by atoms with Gasteiger partial charge in [-0.05, 0) is 60.8 Å². The lowest BCUT2D eigenvalue weighted by Gasteiger charge is -2.29. The van der Waals surface area contributed by atoms with Gasteiger partial charge in [0.2, 0.25) is 0 Å². The quantitative estimate of drug-likeness (QED) is 0.268. The lowest BCUT2D eigenvalue weighted by atomic mass is 10.1. The maximum Gasteiger partial charge on any atom is 0.270 e. The van der Waals surface area contributed by atoms with E-state index >= 15 is 0 Å². The molecule has 2 N–H and O–H groups in total. The maximum atomic E-state index is 13.8. The van der Waals surface area contributed by atoms with Crippen molar-refractivity contribution >= 4 is 68.4 Å². The van der Waals surface area contributed by atoms with Crippen LogP contribution in [0.2, 0.25) is 0 Å². The zero-order chi connectivity index (χ0) is 24.9. The molecule has 176 valence electrons. The topological polar surface area (TPSA) is 87.7 Å². The van der Waals surface area contributed by atoms with Crippen LogP contribution in [0, 0.1) is 5.82 Å². The highest BCUT2D eigenvalue weighted by atomic mass is 79.9. The molecule has 3 amide bonds. The van der Waals surface area contributed by atoms with Crippen molar-refractivity contribution in [1.29, 1.82) is 0 Å². The molecule has 1 aliphatic heterocycles. The van der Waals surface area contributed by atoms with Gasteiger partial charge in [-0.25, -0.2) is 4.39 Å². The van der Waals surface area contributed by atoms with Crippen LogP contribution in [0.15, 0.2) is 82.8 Å². The molecule has 0 spiro atoms. The number of para-hydroxylation sites is 2. The molecule has 1 fully saturated rings. The molecule has 0 bridgehead atoms. The number of rotatable bonds is 6. The molecule has 35 heavy (non-hydrogen) atoms. The van der Waals surface area contributed by atoms with E-state index < -0.39 is 30.1 Å². The number of thiocarbonyl (C=S) groups is 1. The van der Waals surface area contributed by atoms with Crippen LogP contribution in [0.1, 0.15) is 5.56 Å². The minimum absolute atomic E-state index is 0.0284. The Bertz CT molecular complexity index is 1360. The molecule has 0 aromatic heterocycles. The SMILES string of the molecule is O=C(COc1ccc(Br)cc1/C=C1/C(=O)NC(=S)N(c2ccccc2)C1=O)Nc1ccccc1F. The van der Waals surface area contributed by atoms with Gasteiger partial charge in [-0.15, -0.1) is 0 Å². The zero-order valence-corrected chi connectivity index (χ0v) is 20.4. The number of hydrogen-bond donors (Lipinski definition) is 2. The smallest absolute Gasteiger partial charge is 0.270 e. The van der Waals surface area contributed by atoms with Gasteiger partial charge < -0.3 is 10.1 Å². The number of nitrogens with one attached hydrogen (secondary N) is 2. The fourth-order valence-corrected chi connectivity index (χ4v) is 3.94. The number of halogens is 2. The van der Waals surface area contributed by atoms with Gasteiger partial charge >= 0.3 is 0 Å². The highest BCUT2D eigenvalue weighted by molar-refractivity contribution is 9.10. The van der Waals surface area contributed by atoms with Crippen molar-refractivity contribution in [2.24, 2.45) is 0 Å². The van der Waals surface area contributed by atoms with Crippen molar-refractivity contribution in [3.05, 3.63) is 94.2 Å². The minimum Gasteiger partial charge on any atom is -0.483 e. The molecule has 1 aliphatic rings. The molecule has 0 atom stereocenters. The molecule has 3 aromatic rings. The summed E-state index contributed by atoms with van der Waals surface area (Å²) in [6.07, 6.45) is 1.37. The first-order chi connectivity index (χ1) is 16.8. The van der Waals surface area contributed by atoms with Crippen LogP contribution in [-0.4, -0.2) is 29.4 Å². The Hall–Kier alpha value is -3.89. The molecular weight excluding hydrogens is 537 g/mol. The summed E-state index contributed by atoms with van der Waals surface area (Å²) < 4.78 is 20.1. The molecule has 10 heteroatoms. The van der Waals surface area contributed by atoms with Gasteiger partial charge in [0.25, 0.3) is 17.7 Å². The van der Waals surface area contributed by atoms with Gasteiger partial charge in [0, 0.05) is 10.0 Å². The zero-order valence-electron chi connectivity index (χ0n) is 18.0. The number of nitrogens with zero attached hydrogens (tertiary/aromatic N) is 1. The second-order valence-electron chi connectivity index (χ2n) is 7.29. The van der Waals surface area contributed by atoms with Crippen molar-refractivity contribution in [2.45, 2.75) is 0 Å². The number of carbonyl (C=O) groups excluding carboxylic acids is 3. The summed E-state index contributed by atoms with van der Waals surface area (Å²) in [6, 6.07) is 19.3. The van der Waals surface area contributed by atoms with E-state index in [1.54, 1.807) is 54.6 Å². The predicted molar refractivity (Wildman–Crippen MR) is 137 cm³/mol. The van der Waals surface area contributed by atoms with Gasteiger partial charge in [-0.3, -0.25) is 24.6 Å². The van der Waals surface area contributed by atoms with Crippen LogP contribution in [0.5, 0.6) is 5.75 Å². The first-order valence-corrected chi connectivity index (χ1v) is 11.5. The molecule has 0 saturated carbocycles. The van der Waals surface area contributed by atoms with Crippen LogP contribution in [-0.2, 0) is 14.4 Å². The van der Waals surface area contributed by atoms with E-state index in [1.807, 2.05) is 0 Å². The van der Waals surface area contributed by atoms with E-state index in [0.29, 0.717) is 15.7 Å². The largest absolute Gasteiger partial charge is 0.483 e. The van der Waals surface area contributed by atoms with Crippen LogP contribution in [0.25, 0.3) is 6.08 Å². The molecular formula is C25H17BrFN3O4S. The Kier molecular flexibility index (Phi) is 7.33. The highest BCUT2D eigenvalue weighted by Gasteiger charge is 2.34. The molecule has 7 nitrogen and oxygen atoms in total. The third kappa shape index (κ3) is 5.61. The number of benzene rings is 3. The third-order valence-corrected chi connectivity index (χ3v) is 5.67. The number of amides is 3. The van der Waals surface area contributed by atoms with Crippen LogP contribution < -0.4 is 20.3 Å². The normalized spacial score (nSPS) is 14.6. The Morgan fingerprint density at radius 1 is 1.09 bits per heavy atom. The molecule has 0 radical (unpaired) electrons. The van der Waals surface area contributed by atoms with Crippen LogP contribution in [0.3, 0.4) is 0 Å². The number of ether oxygens (including phenoxy) is 1. The van der Waals surface area contributed by atoms with Crippen molar-refractivity contribution in [2.75, 3.05) is 16.8 Å². The van der Waals surface area contributed by atoms with E-state index in [0.717, 1.165) is 0 Å². The molecule has 1 saturated heterocycles. The molecule has 3 aromatic carbocycles. The minimum atomic E-state index is -0.657. The summed E-state index contributed by atoms with van der Waals surface area (Å²) in [4.78, 5) is 39.3. The van der Waals surface area contributed by atoms with Crippen molar-refractivity contribution in [3.63, 3.8) is 0 Å². The van der Waals surface area contributed by atoms with Gasteiger partial charge in [0.15, 0.2) is 11.7 Å². The fourth-order valence-electron chi connectivity index (χ4n) is 3.28. The lowest BCUT2D eigenvalue weighted by molar-refractivity contribution is -0.122. The van der Waals surface area contributed by atoms with E-state index in [1.165, 1.54) is 29.2 Å². The molecule has 4 rings (SSSR count). The number of hydrogen-bond acceptors (Lipinski definition) is 5. The summed E-state index contributed by atoms with van der Waals surface area (Å²) >= 11 is 8.56. The Morgan fingerprint density at radius 2 is 1.80 bits per heavy atom. The molecule has 0 unspecified atom stereocenters. The van der Waals surface area contributed by atoms with E-state index in [9.17, 15) is 18.8 Å². The lowest BCUT2D eigenvalue weighted by Crippen LogP contribution is -2.54. The highest BCUT2D eigenvalue weighted by Crippen LogP contribution is 2.28. The summed E-state index contributed by atoms with van der Waals surface area (Å²) in [6.45, 7) is -0.424. The summed E-state index contributed by atoms with van der Waals surface area (Å²) in [5, 5.41) is 4.93. The molecule has 1 heterocycles.